The van der Waals surface area contributed by atoms with Crippen molar-refractivity contribution in [1.82, 2.24) is 15.3 Å². The minimum atomic E-state index is -0.181. The molecule has 2 aliphatic rings. The average molecular weight is 368 g/mol. The molecule has 1 amide bonds. The summed E-state index contributed by atoms with van der Waals surface area (Å²) in [5.74, 6) is 1.74. The van der Waals surface area contributed by atoms with Crippen molar-refractivity contribution in [3.63, 3.8) is 0 Å². The van der Waals surface area contributed by atoms with Crippen LogP contribution in [0.2, 0.25) is 0 Å². The van der Waals surface area contributed by atoms with Gasteiger partial charge in [0.2, 0.25) is 5.91 Å². The summed E-state index contributed by atoms with van der Waals surface area (Å²) >= 11 is 1.79. The molecule has 0 radical (unpaired) electrons. The third-order valence-corrected chi connectivity index (χ3v) is 6.53. The summed E-state index contributed by atoms with van der Waals surface area (Å²) in [6.07, 6.45) is 8.55. The standard InChI is InChI=1S/C19H20N4O2S/c24-18(20-10-12-4-3-9-25-12)14-6-2-8-23(14)17-16-13-5-1-7-15(13)26-19(16)22-11-21-17/h3-4,9,11,14H,1-2,5-8,10H2,(H,20,24). The first-order chi connectivity index (χ1) is 12.8. The molecule has 4 heterocycles. The number of carbonyl (C=O) groups excluding carboxylic acids is 1. The number of furan rings is 1. The minimum Gasteiger partial charge on any atom is -0.467 e. The van der Waals surface area contributed by atoms with Gasteiger partial charge in [-0.25, -0.2) is 9.97 Å². The van der Waals surface area contributed by atoms with Crippen molar-refractivity contribution in [3.05, 3.63) is 40.9 Å². The van der Waals surface area contributed by atoms with Crippen molar-refractivity contribution in [2.45, 2.75) is 44.7 Å². The zero-order valence-corrected chi connectivity index (χ0v) is 15.2. The van der Waals surface area contributed by atoms with Gasteiger partial charge >= 0.3 is 0 Å². The van der Waals surface area contributed by atoms with E-state index in [0.717, 1.165) is 48.6 Å². The molecule has 1 N–H and O–H groups in total. The second-order valence-corrected chi connectivity index (χ2v) is 7.97. The summed E-state index contributed by atoms with van der Waals surface area (Å²) in [5, 5.41) is 4.18. The Hall–Kier alpha value is -2.41. The lowest BCUT2D eigenvalue weighted by Gasteiger charge is -2.25. The quantitative estimate of drug-likeness (QED) is 0.766. The Morgan fingerprint density at radius 3 is 3.19 bits per heavy atom. The van der Waals surface area contributed by atoms with Gasteiger partial charge in [0.25, 0.3) is 0 Å². The predicted molar refractivity (Wildman–Crippen MR) is 100 cm³/mol. The zero-order chi connectivity index (χ0) is 17.5. The molecule has 1 atom stereocenters. The number of fused-ring (bicyclic) bond motifs is 3. The van der Waals surface area contributed by atoms with Crippen LogP contribution in [0.25, 0.3) is 10.2 Å². The molecule has 6 nitrogen and oxygen atoms in total. The summed E-state index contributed by atoms with van der Waals surface area (Å²) in [6, 6.07) is 3.52. The van der Waals surface area contributed by atoms with E-state index in [1.54, 1.807) is 23.9 Å². The van der Waals surface area contributed by atoms with E-state index < -0.39 is 0 Å². The maximum atomic E-state index is 12.8. The molecule has 7 heteroatoms. The van der Waals surface area contributed by atoms with Crippen molar-refractivity contribution >= 4 is 33.3 Å². The van der Waals surface area contributed by atoms with Crippen LogP contribution in [0.5, 0.6) is 0 Å². The molecule has 0 spiro atoms. The molecule has 26 heavy (non-hydrogen) atoms. The van der Waals surface area contributed by atoms with Gasteiger partial charge in [-0.15, -0.1) is 11.3 Å². The number of nitrogens with zero attached hydrogens (tertiary/aromatic N) is 3. The number of aromatic nitrogens is 2. The van der Waals surface area contributed by atoms with Crippen LogP contribution < -0.4 is 10.2 Å². The van der Waals surface area contributed by atoms with Crippen LogP contribution in [0, 0.1) is 0 Å². The van der Waals surface area contributed by atoms with E-state index in [0.29, 0.717) is 6.54 Å². The normalized spacial score (nSPS) is 19.2. The van der Waals surface area contributed by atoms with Crippen molar-refractivity contribution in [1.29, 1.82) is 0 Å². The molecular weight excluding hydrogens is 348 g/mol. The molecule has 1 unspecified atom stereocenters. The smallest absolute Gasteiger partial charge is 0.243 e. The van der Waals surface area contributed by atoms with Crippen molar-refractivity contribution in [3.8, 4) is 0 Å². The fraction of sp³-hybridized carbons (Fsp3) is 0.421. The molecule has 0 bridgehead atoms. The van der Waals surface area contributed by atoms with Gasteiger partial charge in [0, 0.05) is 11.4 Å². The maximum Gasteiger partial charge on any atom is 0.243 e. The van der Waals surface area contributed by atoms with Crippen LogP contribution in [0.3, 0.4) is 0 Å². The van der Waals surface area contributed by atoms with Crippen molar-refractivity contribution < 1.29 is 9.21 Å². The lowest BCUT2D eigenvalue weighted by atomic mass is 10.1. The number of rotatable bonds is 4. The van der Waals surface area contributed by atoms with Gasteiger partial charge in [-0.05, 0) is 49.8 Å². The number of nitrogens with one attached hydrogen (secondary N) is 1. The lowest BCUT2D eigenvalue weighted by Crippen LogP contribution is -2.43. The highest BCUT2D eigenvalue weighted by molar-refractivity contribution is 7.19. The topological polar surface area (TPSA) is 71.3 Å². The van der Waals surface area contributed by atoms with Crippen LogP contribution in [0.4, 0.5) is 5.82 Å². The highest BCUT2D eigenvalue weighted by Crippen LogP contribution is 2.41. The lowest BCUT2D eigenvalue weighted by molar-refractivity contribution is -0.122. The van der Waals surface area contributed by atoms with Crippen molar-refractivity contribution in [2.24, 2.45) is 0 Å². The minimum absolute atomic E-state index is 0.0394. The molecule has 1 saturated heterocycles. The van der Waals surface area contributed by atoms with Crippen LogP contribution >= 0.6 is 11.3 Å². The monoisotopic (exact) mass is 368 g/mol. The first-order valence-corrected chi connectivity index (χ1v) is 9.95. The van der Waals surface area contributed by atoms with Crippen LogP contribution in [-0.4, -0.2) is 28.5 Å². The zero-order valence-electron chi connectivity index (χ0n) is 14.4. The second-order valence-electron chi connectivity index (χ2n) is 6.88. The predicted octanol–water partition coefficient (Wildman–Crippen LogP) is 3.06. The SMILES string of the molecule is O=C(NCc1ccco1)C1CCCN1c1ncnc2sc3c(c12)CCC3. The van der Waals surface area contributed by atoms with Gasteiger partial charge in [-0.2, -0.15) is 0 Å². The molecule has 3 aromatic rings. The Morgan fingerprint density at radius 1 is 1.35 bits per heavy atom. The molecule has 1 aliphatic carbocycles. The van der Waals surface area contributed by atoms with E-state index in [9.17, 15) is 4.79 Å². The van der Waals surface area contributed by atoms with Crippen LogP contribution in [0.15, 0.2) is 29.1 Å². The number of anilines is 1. The van der Waals surface area contributed by atoms with E-state index in [1.165, 1.54) is 22.2 Å². The Labute approximate surface area is 155 Å². The van der Waals surface area contributed by atoms with E-state index in [1.807, 2.05) is 12.1 Å². The number of amides is 1. The molecule has 3 aromatic heterocycles. The van der Waals surface area contributed by atoms with Gasteiger partial charge in [0.1, 0.15) is 28.8 Å². The molecule has 0 saturated carbocycles. The van der Waals surface area contributed by atoms with Gasteiger partial charge in [-0.3, -0.25) is 4.79 Å². The molecule has 5 rings (SSSR count). The molecule has 1 fully saturated rings. The highest BCUT2D eigenvalue weighted by atomic mass is 32.1. The summed E-state index contributed by atoms with van der Waals surface area (Å²) < 4.78 is 5.31. The van der Waals surface area contributed by atoms with Gasteiger partial charge in [-0.1, -0.05) is 0 Å². The third-order valence-electron chi connectivity index (χ3n) is 5.33. The molecule has 0 aromatic carbocycles. The number of hydrogen-bond acceptors (Lipinski definition) is 6. The second kappa shape index (κ2) is 6.39. The Kier molecular flexibility index (Phi) is 3.89. The van der Waals surface area contributed by atoms with Crippen molar-refractivity contribution in [2.75, 3.05) is 11.4 Å². The molecular formula is C19H20N4O2S. The van der Waals surface area contributed by atoms with E-state index in [-0.39, 0.29) is 11.9 Å². The maximum absolute atomic E-state index is 12.8. The number of aryl methyl sites for hydroxylation is 2. The fourth-order valence-corrected chi connectivity index (χ4v) is 5.35. The fourth-order valence-electron chi connectivity index (χ4n) is 4.13. The van der Waals surface area contributed by atoms with Gasteiger partial charge in [0.15, 0.2) is 0 Å². The average Bonchev–Trinajstić information content (AvgIpc) is 3.43. The number of hydrogen-bond donors (Lipinski definition) is 1. The largest absolute Gasteiger partial charge is 0.467 e. The Morgan fingerprint density at radius 2 is 2.31 bits per heavy atom. The van der Waals surface area contributed by atoms with Crippen LogP contribution in [0.1, 0.15) is 35.5 Å². The number of carbonyl (C=O) groups is 1. The Bertz CT molecular complexity index is 950. The third kappa shape index (κ3) is 2.58. The van der Waals surface area contributed by atoms with Gasteiger partial charge < -0.3 is 14.6 Å². The van der Waals surface area contributed by atoms with Crippen LogP contribution in [-0.2, 0) is 24.2 Å². The summed E-state index contributed by atoms with van der Waals surface area (Å²) in [4.78, 5) is 26.6. The summed E-state index contributed by atoms with van der Waals surface area (Å²) in [7, 11) is 0. The van der Waals surface area contributed by atoms with E-state index >= 15 is 0 Å². The van der Waals surface area contributed by atoms with E-state index in [2.05, 4.69) is 20.2 Å². The molecule has 1 aliphatic heterocycles. The Balaban J connectivity index is 1.44. The van der Waals surface area contributed by atoms with E-state index in [4.69, 9.17) is 4.42 Å². The summed E-state index contributed by atoms with van der Waals surface area (Å²) in [6.45, 7) is 1.28. The first-order valence-electron chi connectivity index (χ1n) is 9.13. The highest BCUT2D eigenvalue weighted by Gasteiger charge is 2.34. The molecule has 134 valence electrons. The summed E-state index contributed by atoms with van der Waals surface area (Å²) in [5.41, 5.74) is 1.40. The first kappa shape index (κ1) is 15.8. The van der Waals surface area contributed by atoms with Gasteiger partial charge in [0.05, 0.1) is 18.2 Å². The number of thiophene rings is 1.